The van der Waals surface area contributed by atoms with Gasteiger partial charge in [0, 0.05) is 24.7 Å². The van der Waals surface area contributed by atoms with Crippen molar-refractivity contribution in [1.29, 1.82) is 0 Å². The smallest absolute Gasteiger partial charge is 0.310 e. The fourth-order valence-electron chi connectivity index (χ4n) is 3.75. The first-order valence-electron chi connectivity index (χ1n) is 11.2. The van der Waals surface area contributed by atoms with Gasteiger partial charge >= 0.3 is 5.97 Å². The Bertz CT molecular complexity index is 1110. The summed E-state index contributed by atoms with van der Waals surface area (Å²) < 4.78 is 37.7. The molecule has 0 bridgehead atoms. The normalized spacial score (nSPS) is 15.0. The number of carbonyl (C=O) groups excluding carboxylic acids is 2. The Kier molecular flexibility index (Phi) is 8.93. The molecule has 1 aliphatic rings. The molecular weight excluding hydrogens is 480 g/mol. The zero-order valence-corrected chi connectivity index (χ0v) is 20.8. The van der Waals surface area contributed by atoms with E-state index in [1.807, 2.05) is 6.92 Å². The van der Waals surface area contributed by atoms with E-state index in [1.165, 1.54) is 16.4 Å². The minimum atomic E-state index is -3.72. The van der Waals surface area contributed by atoms with Gasteiger partial charge in [-0.2, -0.15) is 4.31 Å². The van der Waals surface area contributed by atoms with Crippen molar-refractivity contribution >= 4 is 39.2 Å². The van der Waals surface area contributed by atoms with Crippen LogP contribution in [-0.4, -0.2) is 50.9 Å². The summed E-state index contributed by atoms with van der Waals surface area (Å²) >= 11 is 6.16. The molecule has 2 aromatic carbocycles. The van der Waals surface area contributed by atoms with Crippen LogP contribution in [0, 0.1) is 5.92 Å². The Morgan fingerprint density at radius 3 is 2.32 bits per heavy atom. The van der Waals surface area contributed by atoms with Gasteiger partial charge in [0.05, 0.1) is 29.6 Å². The van der Waals surface area contributed by atoms with Gasteiger partial charge in [0.25, 0.3) is 0 Å². The van der Waals surface area contributed by atoms with Crippen LogP contribution in [0.5, 0.6) is 5.75 Å². The van der Waals surface area contributed by atoms with E-state index in [0.29, 0.717) is 37.5 Å². The van der Waals surface area contributed by atoms with Crippen LogP contribution in [0.15, 0.2) is 47.4 Å². The van der Waals surface area contributed by atoms with E-state index >= 15 is 0 Å². The van der Waals surface area contributed by atoms with Crippen LogP contribution in [0.4, 0.5) is 5.69 Å². The predicted octanol–water partition coefficient (Wildman–Crippen LogP) is 3.88. The highest BCUT2D eigenvalue weighted by atomic mass is 35.5. The Balaban J connectivity index is 1.55. The van der Waals surface area contributed by atoms with Gasteiger partial charge in [-0.15, -0.1) is 0 Å². The van der Waals surface area contributed by atoms with Crippen molar-refractivity contribution in [3.8, 4) is 5.75 Å². The van der Waals surface area contributed by atoms with Crippen molar-refractivity contribution in [3.05, 3.63) is 53.1 Å². The molecule has 1 N–H and O–H groups in total. The van der Waals surface area contributed by atoms with Gasteiger partial charge in [-0.25, -0.2) is 8.42 Å². The molecule has 10 heteroatoms. The molecule has 0 radical (unpaired) electrons. The Hall–Kier alpha value is -2.62. The summed E-state index contributed by atoms with van der Waals surface area (Å²) in [6.45, 7) is 4.82. The number of hydrogen-bond donors (Lipinski definition) is 1. The van der Waals surface area contributed by atoms with Crippen molar-refractivity contribution in [3.63, 3.8) is 0 Å². The van der Waals surface area contributed by atoms with E-state index in [9.17, 15) is 18.0 Å². The highest BCUT2D eigenvalue weighted by Gasteiger charge is 2.32. The van der Waals surface area contributed by atoms with Crippen molar-refractivity contribution in [2.24, 2.45) is 5.92 Å². The fraction of sp³-hybridized carbons (Fsp3) is 0.417. The number of rotatable bonds is 9. The van der Waals surface area contributed by atoms with Crippen LogP contribution < -0.4 is 10.1 Å². The molecular formula is C24H29ClN2O6S. The number of benzene rings is 2. The summed E-state index contributed by atoms with van der Waals surface area (Å²) in [5, 5.41) is 3.11. The average Bonchev–Trinajstić information content (AvgIpc) is 2.82. The number of piperidine rings is 1. The summed E-state index contributed by atoms with van der Waals surface area (Å²) in [6, 6.07) is 11.4. The van der Waals surface area contributed by atoms with Crippen LogP contribution in [0.2, 0.25) is 5.02 Å². The summed E-state index contributed by atoms with van der Waals surface area (Å²) in [5.74, 6) is -0.310. The summed E-state index contributed by atoms with van der Waals surface area (Å²) in [7, 11) is -3.72. The van der Waals surface area contributed by atoms with E-state index in [1.54, 1.807) is 37.3 Å². The maximum Gasteiger partial charge on any atom is 0.310 e. The second-order valence-electron chi connectivity index (χ2n) is 7.87. The molecule has 184 valence electrons. The Labute approximate surface area is 205 Å². The van der Waals surface area contributed by atoms with Crippen LogP contribution in [-0.2, 0) is 30.8 Å². The van der Waals surface area contributed by atoms with Gasteiger partial charge in [0.2, 0.25) is 15.9 Å². The number of amides is 1. The standard InChI is InChI=1S/C24H29ClN2O6S/c1-3-32-22-10-9-20(16-21(22)25)34(30,31)27-13-11-18(12-14-27)24(29)26-19-7-5-17(6-8-19)15-23(28)33-4-2/h5-10,16,18H,3-4,11-15H2,1-2H3,(H,26,29). The molecule has 2 aromatic rings. The van der Waals surface area contributed by atoms with E-state index in [2.05, 4.69) is 5.32 Å². The highest BCUT2D eigenvalue weighted by molar-refractivity contribution is 7.89. The second kappa shape index (κ2) is 11.7. The third kappa shape index (κ3) is 6.49. The van der Waals surface area contributed by atoms with Crippen LogP contribution in [0.1, 0.15) is 32.3 Å². The number of halogens is 1. The molecule has 0 atom stereocenters. The number of ether oxygens (including phenoxy) is 2. The van der Waals surface area contributed by atoms with E-state index < -0.39 is 10.0 Å². The van der Waals surface area contributed by atoms with Crippen LogP contribution >= 0.6 is 11.6 Å². The number of hydrogen-bond acceptors (Lipinski definition) is 6. The van der Waals surface area contributed by atoms with Gasteiger partial charge in [0.1, 0.15) is 5.75 Å². The molecule has 0 aliphatic carbocycles. The average molecular weight is 509 g/mol. The Morgan fingerprint density at radius 1 is 1.06 bits per heavy atom. The molecule has 0 spiro atoms. The molecule has 1 amide bonds. The van der Waals surface area contributed by atoms with Gasteiger partial charge < -0.3 is 14.8 Å². The molecule has 0 aromatic heterocycles. The summed E-state index contributed by atoms with van der Waals surface area (Å²) in [4.78, 5) is 24.4. The van der Waals surface area contributed by atoms with Gasteiger partial charge in [0.15, 0.2) is 0 Å². The van der Waals surface area contributed by atoms with Crippen LogP contribution in [0.25, 0.3) is 0 Å². The topological polar surface area (TPSA) is 102 Å². The molecule has 1 aliphatic heterocycles. The Morgan fingerprint density at radius 2 is 1.74 bits per heavy atom. The highest BCUT2D eigenvalue weighted by Crippen LogP contribution is 2.30. The molecule has 1 fully saturated rings. The second-order valence-corrected chi connectivity index (χ2v) is 10.2. The number of sulfonamides is 1. The van der Waals surface area contributed by atoms with Gasteiger partial charge in [-0.3, -0.25) is 9.59 Å². The number of carbonyl (C=O) groups is 2. The largest absolute Gasteiger partial charge is 0.492 e. The molecule has 3 rings (SSSR count). The maximum absolute atomic E-state index is 13.0. The molecule has 0 saturated carbocycles. The van der Waals surface area contributed by atoms with Crippen molar-refractivity contribution in [2.45, 2.75) is 38.0 Å². The number of anilines is 1. The minimum Gasteiger partial charge on any atom is -0.492 e. The van der Waals surface area contributed by atoms with Gasteiger partial charge in [-0.05, 0) is 62.6 Å². The summed E-state index contributed by atoms with van der Waals surface area (Å²) in [5.41, 5.74) is 1.42. The first kappa shape index (κ1) is 26.0. The third-order valence-corrected chi connectivity index (χ3v) is 7.73. The molecule has 34 heavy (non-hydrogen) atoms. The zero-order chi connectivity index (χ0) is 24.7. The van der Waals surface area contributed by atoms with Crippen LogP contribution in [0.3, 0.4) is 0 Å². The van der Waals surface area contributed by atoms with Gasteiger partial charge in [-0.1, -0.05) is 23.7 Å². The summed E-state index contributed by atoms with van der Waals surface area (Å²) in [6.07, 6.45) is 1.00. The molecule has 8 nitrogen and oxygen atoms in total. The minimum absolute atomic E-state index is 0.103. The lowest BCUT2D eigenvalue weighted by atomic mass is 9.97. The lowest BCUT2D eigenvalue weighted by Crippen LogP contribution is -2.41. The molecule has 1 saturated heterocycles. The van der Waals surface area contributed by atoms with Crippen molar-refractivity contribution < 1.29 is 27.5 Å². The molecule has 1 heterocycles. The van der Waals surface area contributed by atoms with E-state index in [-0.39, 0.29) is 47.2 Å². The zero-order valence-electron chi connectivity index (χ0n) is 19.3. The lowest BCUT2D eigenvalue weighted by Gasteiger charge is -2.30. The quantitative estimate of drug-likeness (QED) is 0.516. The first-order chi connectivity index (χ1) is 16.2. The fourth-order valence-corrected chi connectivity index (χ4v) is 5.55. The SMILES string of the molecule is CCOC(=O)Cc1ccc(NC(=O)C2CCN(S(=O)(=O)c3ccc(OCC)c(Cl)c3)CC2)cc1. The van der Waals surface area contributed by atoms with Crippen molar-refractivity contribution in [2.75, 3.05) is 31.6 Å². The lowest BCUT2D eigenvalue weighted by molar-refractivity contribution is -0.142. The van der Waals surface area contributed by atoms with Crippen molar-refractivity contribution in [1.82, 2.24) is 4.31 Å². The first-order valence-corrected chi connectivity index (χ1v) is 13.0. The monoisotopic (exact) mass is 508 g/mol. The number of nitrogens with zero attached hydrogens (tertiary/aromatic N) is 1. The third-order valence-electron chi connectivity index (χ3n) is 5.54. The number of esters is 1. The van der Waals surface area contributed by atoms with E-state index in [4.69, 9.17) is 21.1 Å². The predicted molar refractivity (Wildman–Crippen MR) is 130 cm³/mol. The maximum atomic E-state index is 13.0. The number of nitrogens with one attached hydrogen (secondary N) is 1. The van der Waals surface area contributed by atoms with E-state index in [0.717, 1.165) is 5.56 Å². The molecule has 0 unspecified atom stereocenters.